The summed E-state index contributed by atoms with van der Waals surface area (Å²) < 4.78 is 5.42. The van der Waals surface area contributed by atoms with Gasteiger partial charge in [0, 0.05) is 17.7 Å². The van der Waals surface area contributed by atoms with Crippen LogP contribution in [0.15, 0.2) is 47.0 Å². The van der Waals surface area contributed by atoms with E-state index in [4.69, 9.17) is 4.52 Å². The Morgan fingerprint density at radius 3 is 2.62 bits per heavy atom. The third kappa shape index (κ3) is 4.11. The van der Waals surface area contributed by atoms with Crippen molar-refractivity contribution in [1.29, 1.82) is 0 Å². The van der Waals surface area contributed by atoms with Crippen LogP contribution in [0.5, 0.6) is 5.75 Å². The van der Waals surface area contributed by atoms with E-state index in [1.165, 1.54) is 0 Å². The molecule has 1 heterocycles. The Morgan fingerprint density at radius 1 is 1.15 bits per heavy atom. The molecule has 0 aliphatic rings. The Kier molecular flexibility index (Phi) is 5.38. The lowest BCUT2D eigenvalue weighted by Crippen LogP contribution is -2.21. The van der Waals surface area contributed by atoms with Gasteiger partial charge in [-0.1, -0.05) is 42.4 Å². The topological polar surface area (TPSA) is 62.4 Å². The van der Waals surface area contributed by atoms with Crippen molar-refractivity contribution in [2.75, 3.05) is 20.6 Å². The Hall–Kier alpha value is -2.66. The molecule has 0 aliphatic heterocycles. The van der Waals surface area contributed by atoms with Crippen molar-refractivity contribution >= 4 is 0 Å². The number of aromatic nitrogens is 2. The molecule has 1 unspecified atom stereocenters. The number of nitrogens with zero attached hydrogens (tertiary/aromatic N) is 3. The number of phenols is 1. The van der Waals surface area contributed by atoms with Gasteiger partial charge >= 0.3 is 0 Å². The first kappa shape index (κ1) is 18.1. The Labute approximate surface area is 154 Å². The molecule has 3 rings (SSSR count). The third-order valence-electron chi connectivity index (χ3n) is 4.39. The monoisotopic (exact) mass is 351 g/mol. The van der Waals surface area contributed by atoms with Crippen molar-refractivity contribution in [1.82, 2.24) is 15.0 Å². The maximum atomic E-state index is 10.4. The van der Waals surface area contributed by atoms with Crippen molar-refractivity contribution in [2.24, 2.45) is 5.92 Å². The maximum Gasteiger partial charge on any atom is 0.258 e. The number of aromatic hydroxyl groups is 1. The first-order valence-corrected chi connectivity index (χ1v) is 8.80. The van der Waals surface area contributed by atoms with Crippen LogP contribution in [0.1, 0.15) is 18.1 Å². The molecule has 2 aromatic carbocycles. The molecule has 0 spiro atoms. The van der Waals surface area contributed by atoms with Crippen molar-refractivity contribution in [2.45, 2.75) is 20.3 Å². The van der Waals surface area contributed by atoms with Gasteiger partial charge in [-0.2, -0.15) is 4.98 Å². The summed E-state index contributed by atoms with van der Waals surface area (Å²) in [5.74, 6) is 1.70. The second kappa shape index (κ2) is 7.70. The lowest BCUT2D eigenvalue weighted by molar-refractivity contribution is 0.335. The molecule has 1 aromatic heterocycles. The van der Waals surface area contributed by atoms with E-state index in [1.807, 2.05) is 43.3 Å². The first-order chi connectivity index (χ1) is 12.4. The quantitative estimate of drug-likeness (QED) is 0.722. The highest BCUT2D eigenvalue weighted by atomic mass is 16.5. The summed E-state index contributed by atoms with van der Waals surface area (Å²) in [6.45, 7) is 5.17. The summed E-state index contributed by atoms with van der Waals surface area (Å²) in [5.41, 5.74) is 3.68. The molecule has 0 saturated carbocycles. The van der Waals surface area contributed by atoms with Gasteiger partial charge in [0.25, 0.3) is 5.89 Å². The fourth-order valence-corrected chi connectivity index (χ4v) is 3.20. The molecule has 0 amide bonds. The second-order valence-electron chi connectivity index (χ2n) is 7.15. The molecular weight excluding hydrogens is 326 g/mol. The minimum atomic E-state index is 0.273. The minimum absolute atomic E-state index is 0.273. The molecule has 1 N–H and O–H groups in total. The lowest BCUT2D eigenvalue weighted by Gasteiger charge is -2.17. The summed E-state index contributed by atoms with van der Waals surface area (Å²) in [4.78, 5) is 6.64. The standard InChI is InChI=1S/C21H25N3O2/c1-14(13-24(3)4)11-16-9-10-17(12-19(16)25)20-22-21(26-23-20)18-8-6-5-7-15(18)2/h5-10,12,14,25H,11,13H2,1-4H3. The summed E-state index contributed by atoms with van der Waals surface area (Å²) in [7, 11) is 4.11. The van der Waals surface area contributed by atoms with Crippen molar-refractivity contribution < 1.29 is 9.63 Å². The van der Waals surface area contributed by atoms with Crippen molar-refractivity contribution in [3.05, 3.63) is 53.6 Å². The number of rotatable bonds is 6. The van der Waals surface area contributed by atoms with Crippen molar-refractivity contribution in [3.63, 3.8) is 0 Å². The fourth-order valence-electron chi connectivity index (χ4n) is 3.20. The highest BCUT2D eigenvalue weighted by Crippen LogP contribution is 2.29. The number of benzene rings is 2. The average molecular weight is 351 g/mol. The number of aryl methyl sites for hydroxylation is 1. The molecule has 0 fully saturated rings. The predicted molar refractivity (Wildman–Crippen MR) is 103 cm³/mol. The molecule has 0 saturated heterocycles. The Morgan fingerprint density at radius 2 is 1.92 bits per heavy atom. The molecule has 5 nitrogen and oxygen atoms in total. The fraction of sp³-hybridized carbons (Fsp3) is 0.333. The molecule has 136 valence electrons. The van der Waals surface area contributed by atoms with E-state index in [2.05, 4.69) is 36.1 Å². The highest BCUT2D eigenvalue weighted by Gasteiger charge is 2.15. The zero-order chi connectivity index (χ0) is 18.7. The lowest BCUT2D eigenvalue weighted by atomic mass is 9.98. The van der Waals surface area contributed by atoms with E-state index in [0.29, 0.717) is 17.6 Å². The van der Waals surface area contributed by atoms with E-state index >= 15 is 0 Å². The molecule has 0 bridgehead atoms. The van der Waals surface area contributed by atoms with E-state index in [0.717, 1.165) is 35.2 Å². The van der Waals surface area contributed by atoms with Gasteiger partial charge in [0.1, 0.15) is 5.75 Å². The summed E-state index contributed by atoms with van der Waals surface area (Å²) in [6.07, 6.45) is 0.824. The van der Waals surface area contributed by atoms with Gasteiger partial charge in [0.15, 0.2) is 0 Å². The van der Waals surface area contributed by atoms with Crippen LogP contribution in [0.3, 0.4) is 0 Å². The molecule has 0 aliphatic carbocycles. The first-order valence-electron chi connectivity index (χ1n) is 8.80. The zero-order valence-corrected chi connectivity index (χ0v) is 15.7. The van der Waals surface area contributed by atoms with Gasteiger partial charge in [-0.05, 0) is 56.6 Å². The average Bonchev–Trinajstić information content (AvgIpc) is 3.06. The summed E-state index contributed by atoms with van der Waals surface area (Å²) >= 11 is 0. The maximum absolute atomic E-state index is 10.4. The normalized spacial score (nSPS) is 12.5. The number of hydrogen-bond donors (Lipinski definition) is 1. The summed E-state index contributed by atoms with van der Waals surface area (Å²) in [6, 6.07) is 13.5. The zero-order valence-electron chi connectivity index (χ0n) is 15.7. The van der Waals surface area contributed by atoms with Gasteiger partial charge in [-0.15, -0.1) is 0 Å². The van der Waals surface area contributed by atoms with Crippen LogP contribution >= 0.6 is 0 Å². The van der Waals surface area contributed by atoms with Crippen LogP contribution in [0, 0.1) is 12.8 Å². The predicted octanol–water partition coefficient (Wildman–Crippen LogP) is 4.16. The molecule has 26 heavy (non-hydrogen) atoms. The molecule has 3 aromatic rings. The van der Waals surface area contributed by atoms with Crippen LogP contribution < -0.4 is 0 Å². The van der Waals surface area contributed by atoms with E-state index in [-0.39, 0.29) is 5.75 Å². The Balaban J connectivity index is 1.81. The van der Waals surface area contributed by atoms with Gasteiger partial charge in [-0.3, -0.25) is 0 Å². The minimum Gasteiger partial charge on any atom is -0.508 e. The number of phenolic OH excluding ortho intramolecular Hbond substituents is 1. The van der Waals surface area contributed by atoms with Gasteiger partial charge in [0.05, 0.1) is 0 Å². The van der Waals surface area contributed by atoms with Gasteiger partial charge < -0.3 is 14.5 Å². The van der Waals surface area contributed by atoms with E-state index in [9.17, 15) is 5.11 Å². The molecular formula is C21H25N3O2. The molecule has 1 atom stereocenters. The largest absolute Gasteiger partial charge is 0.508 e. The van der Waals surface area contributed by atoms with Crippen LogP contribution in [0.25, 0.3) is 22.8 Å². The molecule has 5 heteroatoms. The number of hydrogen-bond acceptors (Lipinski definition) is 5. The highest BCUT2D eigenvalue weighted by molar-refractivity contribution is 5.63. The van der Waals surface area contributed by atoms with E-state index < -0.39 is 0 Å². The van der Waals surface area contributed by atoms with Gasteiger partial charge in [-0.25, -0.2) is 0 Å². The molecule has 0 radical (unpaired) electrons. The Bertz CT molecular complexity index is 886. The van der Waals surface area contributed by atoms with Crippen LogP contribution in [0.2, 0.25) is 0 Å². The van der Waals surface area contributed by atoms with Crippen LogP contribution in [-0.4, -0.2) is 40.8 Å². The van der Waals surface area contributed by atoms with Crippen molar-refractivity contribution in [3.8, 4) is 28.6 Å². The summed E-state index contributed by atoms with van der Waals surface area (Å²) in [5, 5.41) is 14.5. The SMILES string of the molecule is Cc1ccccc1-c1nc(-c2ccc(CC(C)CN(C)C)c(O)c2)no1. The van der Waals surface area contributed by atoms with Crippen LogP contribution in [0.4, 0.5) is 0 Å². The second-order valence-corrected chi connectivity index (χ2v) is 7.15. The van der Waals surface area contributed by atoms with Crippen LogP contribution in [-0.2, 0) is 6.42 Å². The van der Waals surface area contributed by atoms with Gasteiger partial charge in [0.2, 0.25) is 5.82 Å². The van der Waals surface area contributed by atoms with E-state index in [1.54, 1.807) is 6.07 Å². The third-order valence-corrected chi connectivity index (χ3v) is 4.39. The smallest absolute Gasteiger partial charge is 0.258 e.